The van der Waals surface area contributed by atoms with Gasteiger partial charge in [0.1, 0.15) is 5.75 Å². The molecule has 5 nitrogen and oxygen atoms in total. The summed E-state index contributed by atoms with van der Waals surface area (Å²) in [6, 6.07) is 8.51. The van der Waals surface area contributed by atoms with Crippen LogP contribution in [-0.2, 0) is 6.54 Å². The second kappa shape index (κ2) is 6.89. The van der Waals surface area contributed by atoms with Gasteiger partial charge in [0.25, 0.3) is 0 Å². The molecular formula is C14H20N4O. The molecule has 0 aliphatic heterocycles. The third-order valence-electron chi connectivity index (χ3n) is 2.95. The van der Waals surface area contributed by atoms with Crippen molar-refractivity contribution in [2.45, 2.75) is 26.4 Å². The fourth-order valence-corrected chi connectivity index (χ4v) is 1.88. The highest BCUT2D eigenvalue weighted by Crippen LogP contribution is 2.17. The average Bonchev–Trinajstić information content (AvgIpc) is 2.93. The number of hydrogen-bond acceptors (Lipinski definition) is 4. The quantitative estimate of drug-likeness (QED) is 0.827. The van der Waals surface area contributed by atoms with E-state index < -0.39 is 0 Å². The lowest BCUT2D eigenvalue weighted by Gasteiger charge is -2.14. The number of nitrogens with zero attached hydrogens (tertiary/aromatic N) is 3. The van der Waals surface area contributed by atoms with Crippen LogP contribution in [0.3, 0.4) is 0 Å². The van der Waals surface area contributed by atoms with Gasteiger partial charge in [0, 0.05) is 18.8 Å². The number of rotatable bonds is 7. The van der Waals surface area contributed by atoms with E-state index in [1.165, 1.54) is 5.56 Å². The first-order valence-electron chi connectivity index (χ1n) is 6.60. The van der Waals surface area contributed by atoms with Gasteiger partial charge in [-0.2, -0.15) is 0 Å². The van der Waals surface area contributed by atoms with Crippen LogP contribution in [0.15, 0.2) is 36.7 Å². The molecule has 1 atom stereocenters. The molecule has 2 rings (SSSR count). The van der Waals surface area contributed by atoms with E-state index in [4.69, 9.17) is 4.74 Å². The molecule has 2 aromatic rings. The highest BCUT2D eigenvalue weighted by molar-refractivity contribution is 5.28. The van der Waals surface area contributed by atoms with Gasteiger partial charge in [-0.3, -0.25) is 4.68 Å². The summed E-state index contributed by atoms with van der Waals surface area (Å²) in [4.78, 5) is 0. The number of nitrogens with one attached hydrogen (secondary N) is 1. The van der Waals surface area contributed by atoms with Gasteiger partial charge in [0.2, 0.25) is 0 Å². The number of ether oxygens (including phenoxy) is 1. The van der Waals surface area contributed by atoms with Crippen molar-refractivity contribution in [1.82, 2.24) is 20.3 Å². The first-order valence-corrected chi connectivity index (χ1v) is 6.60. The molecule has 1 unspecified atom stereocenters. The minimum Gasteiger partial charge on any atom is -0.494 e. The smallest absolute Gasteiger partial charge is 0.119 e. The summed E-state index contributed by atoms with van der Waals surface area (Å²) in [7, 11) is 0. The zero-order valence-corrected chi connectivity index (χ0v) is 11.4. The molecule has 0 amide bonds. The Bertz CT molecular complexity index is 467. The molecule has 0 saturated carbocycles. The van der Waals surface area contributed by atoms with Gasteiger partial charge in [-0.15, -0.1) is 5.10 Å². The molecule has 1 aromatic heterocycles. The zero-order valence-electron chi connectivity index (χ0n) is 11.4. The Kier molecular flexibility index (Phi) is 4.92. The SMILES string of the molecule is CCOc1ccc(C(C)NCCn2ccnn2)cc1. The second-order valence-electron chi connectivity index (χ2n) is 4.34. The average molecular weight is 260 g/mol. The van der Waals surface area contributed by atoms with Crippen molar-refractivity contribution in [2.24, 2.45) is 0 Å². The largest absolute Gasteiger partial charge is 0.494 e. The first kappa shape index (κ1) is 13.5. The summed E-state index contributed by atoms with van der Waals surface area (Å²) in [6.07, 6.45) is 3.55. The molecule has 0 bridgehead atoms. The van der Waals surface area contributed by atoms with E-state index in [1.807, 2.05) is 29.9 Å². The van der Waals surface area contributed by atoms with E-state index in [0.29, 0.717) is 12.6 Å². The van der Waals surface area contributed by atoms with Crippen LogP contribution in [0, 0.1) is 0 Å². The van der Waals surface area contributed by atoms with E-state index in [-0.39, 0.29) is 0 Å². The highest BCUT2D eigenvalue weighted by atomic mass is 16.5. The van der Waals surface area contributed by atoms with E-state index in [9.17, 15) is 0 Å². The zero-order chi connectivity index (χ0) is 13.5. The van der Waals surface area contributed by atoms with Gasteiger partial charge in [-0.05, 0) is 31.5 Å². The second-order valence-corrected chi connectivity index (χ2v) is 4.34. The van der Waals surface area contributed by atoms with Crippen LogP contribution in [0.5, 0.6) is 5.75 Å². The Morgan fingerprint density at radius 2 is 2.11 bits per heavy atom. The summed E-state index contributed by atoms with van der Waals surface area (Å²) in [5, 5.41) is 11.2. The molecule has 1 aromatic carbocycles. The van der Waals surface area contributed by atoms with Crippen molar-refractivity contribution in [1.29, 1.82) is 0 Å². The maximum atomic E-state index is 5.43. The molecule has 0 fully saturated rings. The lowest BCUT2D eigenvalue weighted by atomic mass is 10.1. The maximum absolute atomic E-state index is 5.43. The fourth-order valence-electron chi connectivity index (χ4n) is 1.88. The number of aromatic nitrogens is 3. The summed E-state index contributed by atoms with van der Waals surface area (Å²) in [5.41, 5.74) is 1.25. The monoisotopic (exact) mass is 260 g/mol. The number of benzene rings is 1. The lowest BCUT2D eigenvalue weighted by Crippen LogP contribution is -2.23. The van der Waals surface area contributed by atoms with Crippen LogP contribution in [-0.4, -0.2) is 28.1 Å². The van der Waals surface area contributed by atoms with Crippen LogP contribution in [0.2, 0.25) is 0 Å². The molecule has 19 heavy (non-hydrogen) atoms. The molecule has 0 aliphatic carbocycles. The molecule has 1 N–H and O–H groups in total. The fraction of sp³-hybridized carbons (Fsp3) is 0.429. The predicted molar refractivity (Wildman–Crippen MR) is 74.1 cm³/mol. The molecule has 102 valence electrons. The van der Waals surface area contributed by atoms with Crippen molar-refractivity contribution in [2.75, 3.05) is 13.2 Å². The lowest BCUT2D eigenvalue weighted by molar-refractivity contribution is 0.340. The maximum Gasteiger partial charge on any atom is 0.119 e. The standard InChI is InChI=1S/C14H20N4O/c1-3-19-14-6-4-13(5-7-14)12(2)15-8-10-18-11-9-16-17-18/h4-7,9,11-12,15H,3,8,10H2,1-2H3. The van der Waals surface area contributed by atoms with Crippen LogP contribution in [0.25, 0.3) is 0 Å². The predicted octanol–water partition coefficient (Wildman–Crippen LogP) is 2.03. The Labute approximate surface area is 113 Å². The molecule has 0 saturated heterocycles. The summed E-state index contributed by atoms with van der Waals surface area (Å²) in [6.45, 7) is 6.52. The van der Waals surface area contributed by atoms with Crippen molar-refractivity contribution in [3.8, 4) is 5.75 Å². The third kappa shape index (κ3) is 4.06. The number of hydrogen-bond donors (Lipinski definition) is 1. The molecular weight excluding hydrogens is 240 g/mol. The van der Waals surface area contributed by atoms with Crippen molar-refractivity contribution < 1.29 is 4.74 Å². The topological polar surface area (TPSA) is 52.0 Å². The molecule has 0 spiro atoms. The van der Waals surface area contributed by atoms with E-state index in [1.54, 1.807) is 6.20 Å². The van der Waals surface area contributed by atoms with Gasteiger partial charge in [0.15, 0.2) is 0 Å². The Morgan fingerprint density at radius 1 is 1.32 bits per heavy atom. The summed E-state index contributed by atoms with van der Waals surface area (Å²) < 4.78 is 7.25. The van der Waals surface area contributed by atoms with Crippen LogP contribution in [0.4, 0.5) is 0 Å². The molecule has 5 heteroatoms. The Morgan fingerprint density at radius 3 is 2.74 bits per heavy atom. The van der Waals surface area contributed by atoms with Crippen LogP contribution >= 0.6 is 0 Å². The molecule has 0 radical (unpaired) electrons. The van der Waals surface area contributed by atoms with Crippen LogP contribution in [0.1, 0.15) is 25.5 Å². The Hall–Kier alpha value is -1.88. The van der Waals surface area contributed by atoms with E-state index >= 15 is 0 Å². The molecule has 1 heterocycles. The van der Waals surface area contributed by atoms with Gasteiger partial charge in [-0.1, -0.05) is 17.3 Å². The van der Waals surface area contributed by atoms with Crippen molar-refractivity contribution >= 4 is 0 Å². The first-order chi connectivity index (χ1) is 9.29. The van der Waals surface area contributed by atoms with Gasteiger partial charge in [0.05, 0.1) is 19.3 Å². The van der Waals surface area contributed by atoms with Gasteiger partial charge in [-0.25, -0.2) is 0 Å². The van der Waals surface area contributed by atoms with E-state index in [2.05, 4.69) is 34.7 Å². The normalized spacial score (nSPS) is 12.3. The van der Waals surface area contributed by atoms with Gasteiger partial charge >= 0.3 is 0 Å². The summed E-state index contributed by atoms with van der Waals surface area (Å²) >= 11 is 0. The van der Waals surface area contributed by atoms with Crippen LogP contribution < -0.4 is 10.1 Å². The summed E-state index contributed by atoms with van der Waals surface area (Å²) in [5.74, 6) is 0.918. The highest BCUT2D eigenvalue weighted by Gasteiger charge is 2.04. The minimum absolute atomic E-state index is 0.305. The van der Waals surface area contributed by atoms with Gasteiger partial charge < -0.3 is 10.1 Å². The third-order valence-corrected chi connectivity index (χ3v) is 2.95. The van der Waals surface area contributed by atoms with Crippen molar-refractivity contribution in [3.63, 3.8) is 0 Å². The Balaban J connectivity index is 1.80. The van der Waals surface area contributed by atoms with Crippen molar-refractivity contribution in [3.05, 3.63) is 42.2 Å². The van der Waals surface area contributed by atoms with E-state index in [0.717, 1.165) is 18.8 Å². The molecule has 0 aliphatic rings. The minimum atomic E-state index is 0.305.